The molecule has 3 rings (SSSR count). The van der Waals surface area contributed by atoms with E-state index in [0.29, 0.717) is 0 Å². The van der Waals surface area contributed by atoms with Crippen LogP contribution in [-0.4, -0.2) is 96.1 Å². The highest BCUT2D eigenvalue weighted by molar-refractivity contribution is 5.13. The van der Waals surface area contributed by atoms with E-state index in [4.69, 9.17) is 9.47 Å². The van der Waals surface area contributed by atoms with Gasteiger partial charge in [-0.15, -0.1) is 0 Å². The quantitative estimate of drug-likeness (QED) is 0.235. The number of aliphatic hydroxyl groups is 6. The number of halogens is 3. The van der Waals surface area contributed by atoms with E-state index in [2.05, 4.69) is 0 Å². The highest BCUT2D eigenvalue weighted by Crippen LogP contribution is 2.43. The number of nitrogens with zero attached hydrogens (tertiary/aromatic N) is 1. The number of hydrogen-bond acceptors (Lipinski definition) is 10. The molecule has 15 heteroatoms. The molecule has 0 unspecified atom stereocenters. The minimum atomic E-state index is -5.20. The van der Waals surface area contributed by atoms with E-state index in [1.807, 2.05) is 0 Å². The molecule has 0 radical (unpaired) electrons. The van der Waals surface area contributed by atoms with Crippen LogP contribution in [0.3, 0.4) is 0 Å². The van der Waals surface area contributed by atoms with Gasteiger partial charge in [0, 0.05) is 12.6 Å². The van der Waals surface area contributed by atoms with Gasteiger partial charge >= 0.3 is 11.9 Å². The van der Waals surface area contributed by atoms with Gasteiger partial charge < -0.3 is 40.1 Å². The maximum atomic E-state index is 13.3. The third-order valence-electron chi connectivity index (χ3n) is 5.46. The average molecular weight is 458 g/mol. The van der Waals surface area contributed by atoms with E-state index in [1.165, 1.54) is 4.98 Å². The Morgan fingerprint density at radius 1 is 1.06 bits per heavy atom. The number of hydrogen-bond donors (Lipinski definition) is 7. The first-order valence-corrected chi connectivity index (χ1v) is 9.08. The van der Waals surface area contributed by atoms with Crippen LogP contribution in [0.2, 0.25) is 0 Å². The van der Waals surface area contributed by atoms with Gasteiger partial charge in [-0.1, -0.05) is 0 Å². The molecule has 176 valence electrons. The van der Waals surface area contributed by atoms with Crippen molar-refractivity contribution in [3.05, 3.63) is 32.6 Å². The maximum Gasteiger partial charge on any atom is 0.423 e. The zero-order valence-corrected chi connectivity index (χ0v) is 15.6. The van der Waals surface area contributed by atoms with Crippen molar-refractivity contribution in [1.82, 2.24) is 9.55 Å². The fourth-order valence-electron chi connectivity index (χ4n) is 3.88. The highest BCUT2D eigenvalue weighted by atomic mass is 19.4. The van der Waals surface area contributed by atoms with Gasteiger partial charge in [-0.3, -0.25) is 14.3 Å². The summed E-state index contributed by atoms with van der Waals surface area (Å²) < 4.78 is 51.0. The molecule has 1 aromatic heterocycles. The summed E-state index contributed by atoms with van der Waals surface area (Å²) in [6.45, 7) is -1.73. The Balaban J connectivity index is 2.24. The molecule has 0 saturated carbocycles. The standard InChI is InChI=1S/C16H21F3N2O10/c17-16(18,19)5-2-21(14(29)20-13(5)28)15(1-6(24)7(3-22)31-15)12-11(27)10(26)9(25)8(4-23)30-12/h2,6-12,22-27H,1,3-4H2,(H,20,28,29)/t6-,7+,8+,9+,10-,11+,12+,15-/m0/s1. The molecule has 3 heterocycles. The topological polar surface area (TPSA) is 195 Å². The predicted molar refractivity (Wildman–Crippen MR) is 90.6 cm³/mol. The van der Waals surface area contributed by atoms with E-state index in [1.54, 1.807) is 0 Å². The lowest BCUT2D eigenvalue weighted by Crippen LogP contribution is -2.67. The summed E-state index contributed by atoms with van der Waals surface area (Å²) in [6.07, 6.45) is -18.1. The van der Waals surface area contributed by atoms with Crippen LogP contribution in [-0.2, 0) is 21.4 Å². The molecule has 12 nitrogen and oxygen atoms in total. The van der Waals surface area contributed by atoms with Crippen molar-refractivity contribution < 1.29 is 53.3 Å². The molecular formula is C16H21F3N2O10. The van der Waals surface area contributed by atoms with Gasteiger partial charge in [0.25, 0.3) is 5.56 Å². The van der Waals surface area contributed by atoms with Crippen LogP contribution >= 0.6 is 0 Å². The lowest BCUT2D eigenvalue weighted by Gasteiger charge is -2.47. The molecule has 0 bridgehead atoms. The molecule has 0 spiro atoms. The summed E-state index contributed by atoms with van der Waals surface area (Å²) >= 11 is 0. The number of H-pyrrole nitrogens is 1. The molecule has 8 atom stereocenters. The molecule has 7 N–H and O–H groups in total. The summed E-state index contributed by atoms with van der Waals surface area (Å²) in [5, 5.41) is 59.6. The third kappa shape index (κ3) is 3.91. The molecule has 0 amide bonds. The summed E-state index contributed by atoms with van der Waals surface area (Å²) in [4.78, 5) is 25.6. The van der Waals surface area contributed by atoms with Crippen LogP contribution in [0.1, 0.15) is 12.0 Å². The number of aromatic nitrogens is 2. The van der Waals surface area contributed by atoms with E-state index in [0.717, 1.165) is 0 Å². The second-order valence-corrected chi connectivity index (χ2v) is 7.37. The fourth-order valence-corrected chi connectivity index (χ4v) is 3.88. The predicted octanol–water partition coefficient (Wildman–Crippen LogP) is -3.81. The highest BCUT2D eigenvalue weighted by Gasteiger charge is 2.60. The van der Waals surface area contributed by atoms with E-state index in [-0.39, 0.29) is 10.8 Å². The summed E-state index contributed by atoms with van der Waals surface area (Å²) in [5.41, 5.74) is -7.46. The van der Waals surface area contributed by atoms with Gasteiger partial charge in [-0.2, -0.15) is 13.2 Å². The Morgan fingerprint density at radius 2 is 1.68 bits per heavy atom. The summed E-state index contributed by atoms with van der Waals surface area (Å²) in [7, 11) is 0. The monoisotopic (exact) mass is 458 g/mol. The molecule has 2 fully saturated rings. The number of alkyl halides is 3. The van der Waals surface area contributed by atoms with Gasteiger partial charge in [0.1, 0.15) is 42.2 Å². The molecule has 2 saturated heterocycles. The van der Waals surface area contributed by atoms with Gasteiger partial charge in [-0.25, -0.2) is 4.79 Å². The summed E-state index contributed by atoms with van der Waals surface area (Å²) in [6, 6.07) is 0. The number of rotatable bonds is 4. The van der Waals surface area contributed by atoms with Crippen molar-refractivity contribution in [2.75, 3.05) is 13.2 Å². The van der Waals surface area contributed by atoms with Crippen molar-refractivity contribution in [1.29, 1.82) is 0 Å². The second-order valence-electron chi connectivity index (χ2n) is 7.37. The lowest BCUT2D eigenvalue weighted by molar-refractivity contribution is -0.297. The zero-order chi connectivity index (χ0) is 23.3. The fraction of sp³-hybridized carbons (Fsp3) is 0.750. The minimum Gasteiger partial charge on any atom is -0.394 e. The summed E-state index contributed by atoms with van der Waals surface area (Å²) in [5.74, 6) is 0. The van der Waals surface area contributed by atoms with Crippen LogP contribution in [0.15, 0.2) is 15.8 Å². The Hall–Kier alpha value is -1.85. The molecule has 1 aromatic rings. The van der Waals surface area contributed by atoms with E-state index < -0.39 is 91.1 Å². The average Bonchev–Trinajstić information content (AvgIpc) is 3.02. The number of ether oxygens (including phenoxy) is 2. The van der Waals surface area contributed by atoms with Crippen LogP contribution < -0.4 is 11.2 Å². The van der Waals surface area contributed by atoms with Crippen LogP contribution in [0, 0.1) is 0 Å². The van der Waals surface area contributed by atoms with Crippen molar-refractivity contribution in [2.45, 2.75) is 61.0 Å². The van der Waals surface area contributed by atoms with Crippen LogP contribution in [0.4, 0.5) is 13.2 Å². The Labute approximate surface area is 170 Å². The van der Waals surface area contributed by atoms with Crippen molar-refractivity contribution >= 4 is 0 Å². The van der Waals surface area contributed by atoms with Crippen molar-refractivity contribution in [3.8, 4) is 0 Å². The minimum absolute atomic E-state index is 0.106. The van der Waals surface area contributed by atoms with E-state index >= 15 is 0 Å². The van der Waals surface area contributed by atoms with Crippen LogP contribution in [0.5, 0.6) is 0 Å². The SMILES string of the molecule is O=c1[nH]c(=O)n([C@@]2([C@@H]3O[C@H](CO)[C@@H](O)[C@H](O)[C@H]3O)C[C@H](O)[C@@H](CO)O2)cc1C(F)(F)F. The second kappa shape index (κ2) is 8.25. The lowest BCUT2D eigenvalue weighted by atomic mass is 9.87. The van der Waals surface area contributed by atoms with Crippen LogP contribution in [0.25, 0.3) is 0 Å². The Bertz CT molecular complexity index is 918. The van der Waals surface area contributed by atoms with Gasteiger partial charge in [0.2, 0.25) is 0 Å². The Kier molecular flexibility index (Phi) is 6.34. The van der Waals surface area contributed by atoms with Crippen molar-refractivity contribution in [3.63, 3.8) is 0 Å². The first-order valence-electron chi connectivity index (χ1n) is 9.08. The largest absolute Gasteiger partial charge is 0.423 e. The first kappa shape index (κ1) is 23.8. The molecule has 31 heavy (non-hydrogen) atoms. The molecule has 0 aliphatic carbocycles. The number of aromatic amines is 1. The van der Waals surface area contributed by atoms with E-state index in [9.17, 15) is 53.4 Å². The third-order valence-corrected chi connectivity index (χ3v) is 5.46. The molecule has 2 aliphatic heterocycles. The molecular weight excluding hydrogens is 437 g/mol. The van der Waals surface area contributed by atoms with Gasteiger partial charge in [-0.05, 0) is 0 Å². The molecule has 2 aliphatic rings. The first-order chi connectivity index (χ1) is 14.4. The van der Waals surface area contributed by atoms with Gasteiger partial charge in [0.05, 0.1) is 19.3 Å². The zero-order valence-electron chi connectivity index (χ0n) is 15.6. The number of aliphatic hydroxyl groups excluding tert-OH is 6. The molecule has 0 aromatic carbocycles. The Morgan fingerprint density at radius 3 is 2.19 bits per heavy atom. The number of nitrogens with one attached hydrogen (secondary N) is 1. The normalized spacial score (nSPS) is 39.1. The van der Waals surface area contributed by atoms with Crippen molar-refractivity contribution in [2.24, 2.45) is 0 Å². The smallest absolute Gasteiger partial charge is 0.394 e. The van der Waals surface area contributed by atoms with Gasteiger partial charge in [0.15, 0.2) is 5.72 Å². The maximum absolute atomic E-state index is 13.3.